The summed E-state index contributed by atoms with van der Waals surface area (Å²) in [5.41, 5.74) is 0. The zero-order chi connectivity index (χ0) is 11.9. The van der Waals surface area contributed by atoms with E-state index >= 15 is 0 Å². The average Bonchev–Trinajstić information content (AvgIpc) is 2.01. The van der Waals surface area contributed by atoms with Gasteiger partial charge in [-0.05, 0) is 6.72 Å². The van der Waals surface area contributed by atoms with E-state index < -0.39 is 10.1 Å². The van der Waals surface area contributed by atoms with Crippen LogP contribution in [0.4, 0.5) is 0 Å². The van der Waals surface area contributed by atoms with Gasteiger partial charge in [-0.2, -0.15) is 8.42 Å². The summed E-state index contributed by atoms with van der Waals surface area (Å²) in [4.78, 5) is 3.76. The van der Waals surface area contributed by atoms with Crippen LogP contribution in [0.25, 0.3) is 0 Å². The van der Waals surface area contributed by atoms with Crippen molar-refractivity contribution in [1.82, 2.24) is 0 Å². The Morgan fingerprint density at radius 2 is 1.80 bits per heavy atom. The van der Waals surface area contributed by atoms with E-state index in [0.717, 1.165) is 30.5 Å². The van der Waals surface area contributed by atoms with E-state index in [-0.39, 0.29) is 5.75 Å². The lowest BCUT2D eigenvalue weighted by Gasteiger charge is -2.29. The first kappa shape index (κ1) is 14.5. The van der Waals surface area contributed by atoms with E-state index in [4.69, 9.17) is 4.55 Å². The molecule has 0 heterocycles. The highest BCUT2D eigenvalue weighted by atomic mass is 32.2. The number of rotatable bonds is 8. The Morgan fingerprint density at radius 3 is 2.27 bits per heavy atom. The molecule has 0 aromatic rings. The Hall–Kier alpha value is -0.460. The first-order valence-electron chi connectivity index (χ1n) is 4.96. The lowest BCUT2D eigenvalue weighted by Crippen LogP contribution is -2.42. The van der Waals surface area contributed by atoms with Gasteiger partial charge in [0.15, 0.2) is 0 Å². The molecule has 0 fully saturated rings. The second-order valence-electron chi connectivity index (χ2n) is 4.32. The highest BCUT2D eigenvalue weighted by molar-refractivity contribution is 7.85. The highest BCUT2D eigenvalue weighted by Gasteiger charge is 2.15. The molecule has 0 aliphatic rings. The van der Waals surface area contributed by atoms with Crippen LogP contribution in [0.2, 0.25) is 0 Å². The molecule has 0 saturated carbocycles. The van der Waals surface area contributed by atoms with Crippen LogP contribution in [0.15, 0.2) is 4.99 Å². The molecule has 0 amide bonds. The fourth-order valence-corrected chi connectivity index (χ4v) is 1.89. The topological polar surface area (TPSA) is 66.7 Å². The molecular weight excluding hydrogens is 216 g/mol. The maximum Gasteiger partial charge on any atom is 0.265 e. The number of hydrogen-bond donors (Lipinski definition) is 1. The van der Waals surface area contributed by atoms with Crippen molar-refractivity contribution in [2.24, 2.45) is 4.99 Å². The summed E-state index contributed by atoms with van der Waals surface area (Å²) in [5.74, 6) is -0.158. The van der Waals surface area contributed by atoms with Crippen molar-refractivity contribution in [3.05, 3.63) is 0 Å². The second-order valence-corrected chi connectivity index (χ2v) is 5.90. The van der Waals surface area contributed by atoms with Crippen molar-refractivity contribution < 1.29 is 17.5 Å². The minimum atomic E-state index is -3.81. The minimum Gasteiger partial charge on any atom is -0.328 e. The maximum absolute atomic E-state index is 10.5. The summed E-state index contributed by atoms with van der Waals surface area (Å²) in [6.07, 6.45) is 1.43. The molecule has 0 saturated heterocycles. The van der Waals surface area contributed by atoms with Crippen molar-refractivity contribution in [3.63, 3.8) is 0 Å². The Kier molecular flexibility index (Phi) is 6.00. The molecule has 90 valence electrons. The van der Waals surface area contributed by atoms with E-state index in [1.807, 2.05) is 14.1 Å². The highest BCUT2D eigenvalue weighted by Crippen LogP contribution is 2.02. The SMILES string of the molecule is C=NCCC[N+](C)(C)CCCS(=O)(=O)O. The Bertz CT molecular complexity index is 286. The summed E-state index contributed by atoms with van der Waals surface area (Å²) in [6, 6.07) is 0. The molecule has 0 atom stereocenters. The van der Waals surface area contributed by atoms with Crippen molar-refractivity contribution in [2.75, 3.05) is 39.5 Å². The van der Waals surface area contributed by atoms with E-state index in [1.54, 1.807) is 0 Å². The van der Waals surface area contributed by atoms with Crippen LogP contribution in [-0.4, -0.2) is 63.7 Å². The van der Waals surface area contributed by atoms with Gasteiger partial charge in [-0.25, -0.2) is 0 Å². The molecule has 5 nitrogen and oxygen atoms in total. The number of aliphatic imine (C=N–C) groups is 1. The molecule has 0 aromatic heterocycles. The van der Waals surface area contributed by atoms with Crippen LogP contribution < -0.4 is 0 Å². The van der Waals surface area contributed by atoms with E-state index in [9.17, 15) is 8.42 Å². The molecule has 0 bridgehead atoms. The Labute approximate surface area is 92.2 Å². The number of hydrogen-bond acceptors (Lipinski definition) is 3. The normalized spacial score (nSPS) is 12.7. The summed E-state index contributed by atoms with van der Waals surface area (Å²) in [5, 5.41) is 0. The molecule has 1 N–H and O–H groups in total. The Morgan fingerprint density at radius 1 is 1.27 bits per heavy atom. The zero-order valence-electron chi connectivity index (χ0n) is 9.52. The van der Waals surface area contributed by atoms with Crippen molar-refractivity contribution in [3.8, 4) is 0 Å². The van der Waals surface area contributed by atoms with Gasteiger partial charge in [0.1, 0.15) is 0 Å². The van der Waals surface area contributed by atoms with Gasteiger partial charge in [-0.1, -0.05) is 0 Å². The van der Waals surface area contributed by atoms with Crippen LogP contribution >= 0.6 is 0 Å². The molecule has 0 radical (unpaired) electrons. The van der Waals surface area contributed by atoms with E-state index in [2.05, 4.69) is 11.7 Å². The van der Waals surface area contributed by atoms with Gasteiger partial charge in [-0.3, -0.25) is 4.55 Å². The van der Waals surface area contributed by atoms with E-state index in [1.165, 1.54) is 0 Å². The van der Waals surface area contributed by atoms with Crippen molar-refractivity contribution >= 4 is 16.8 Å². The summed E-state index contributed by atoms with van der Waals surface area (Å²) in [7, 11) is 0.259. The molecule has 0 rings (SSSR count). The third-order valence-electron chi connectivity index (χ3n) is 2.25. The maximum atomic E-state index is 10.5. The van der Waals surface area contributed by atoms with Gasteiger partial charge in [0, 0.05) is 19.4 Å². The third kappa shape index (κ3) is 9.84. The molecule has 15 heavy (non-hydrogen) atoms. The zero-order valence-corrected chi connectivity index (χ0v) is 10.3. The van der Waals surface area contributed by atoms with Gasteiger partial charge in [-0.15, -0.1) is 0 Å². The molecule has 0 aliphatic carbocycles. The van der Waals surface area contributed by atoms with Gasteiger partial charge < -0.3 is 9.48 Å². The molecule has 0 aliphatic heterocycles. The largest absolute Gasteiger partial charge is 0.328 e. The van der Waals surface area contributed by atoms with Crippen LogP contribution in [0.1, 0.15) is 12.8 Å². The van der Waals surface area contributed by atoms with Gasteiger partial charge in [0.05, 0.1) is 32.9 Å². The lowest BCUT2D eigenvalue weighted by molar-refractivity contribution is -0.890. The molecule has 0 spiro atoms. The molecular formula is C9H21N2O3S+. The first-order chi connectivity index (χ1) is 6.77. The van der Waals surface area contributed by atoms with Crippen LogP contribution in [0.5, 0.6) is 0 Å². The van der Waals surface area contributed by atoms with Crippen LogP contribution in [-0.2, 0) is 10.1 Å². The van der Waals surface area contributed by atoms with Gasteiger partial charge in [0.25, 0.3) is 10.1 Å². The van der Waals surface area contributed by atoms with Crippen molar-refractivity contribution in [2.45, 2.75) is 12.8 Å². The van der Waals surface area contributed by atoms with Crippen LogP contribution in [0.3, 0.4) is 0 Å². The summed E-state index contributed by atoms with van der Waals surface area (Å²) < 4.78 is 30.3. The average molecular weight is 237 g/mol. The predicted molar refractivity (Wildman–Crippen MR) is 61.9 cm³/mol. The molecule has 0 unspecified atom stereocenters. The second kappa shape index (κ2) is 6.19. The minimum absolute atomic E-state index is 0.158. The fourth-order valence-electron chi connectivity index (χ4n) is 1.40. The molecule has 0 aromatic carbocycles. The predicted octanol–water partition coefficient (Wildman–Crippen LogP) is 0.431. The summed E-state index contributed by atoms with van der Waals surface area (Å²) >= 11 is 0. The Balaban J connectivity index is 3.78. The van der Waals surface area contributed by atoms with Gasteiger partial charge >= 0.3 is 0 Å². The van der Waals surface area contributed by atoms with Crippen LogP contribution in [0, 0.1) is 0 Å². The summed E-state index contributed by atoms with van der Waals surface area (Å²) in [6.45, 7) is 5.81. The standard InChI is InChI=1S/C9H20N2O3S/c1-10-6-4-7-11(2,3)8-5-9-15(12,13)14/h1,4-9H2,2-3H3/p+1. The smallest absolute Gasteiger partial charge is 0.265 e. The van der Waals surface area contributed by atoms with Gasteiger partial charge in [0.2, 0.25) is 0 Å². The number of quaternary nitrogens is 1. The fraction of sp³-hybridized carbons (Fsp3) is 0.889. The lowest BCUT2D eigenvalue weighted by atomic mass is 10.3. The molecule has 6 heteroatoms. The monoisotopic (exact) mass is 237 g/mol. The van der Waals surface area contributed by atoms with E-state index in [0.29, 0.717) is 6.42 Å². The number of nitrogens with zero attached hydrogens (tertiary/aromatic N) is 2. The third-order valence-corrected chi connectivity index (χ3v) is 3.05. The quantitative estimate of drug-likeness (QED) is 0.288. The van der Waals surface area contributed by atoms with Crippen molar-refractivity contribution in [1.29, 1.82) is 0 Å². The first-order valence-corrected chi connectivity index (χ1v) is 6.57.